The summed E-state index contributed by atoms with van der Waals surface area (Å²) in [5.41, 5.74) is 2.70. The SMILES string of the molecule is O=C(Nc1ccc(N2CCCCC2)cc1)c1nnc(Nc2cccc3ccccc23)o1. The van der Waals surface area contributed by atoms with Crippen molar-refractivity contribution in [2.24, 2.45) is 0 Å². The number of aromatic nitrogens is 2. The molecule has 1 aliphatic heterocycles. The molecule has 2 heterocycles. The molecule has 0 aliphatic carbocycles. The number of carbonyl (C=O) groups excluding carboxylic acids is 1. The van der Waals surface area contributed by atoms with E-state index in [0.717, 1.165) is 29.5 Å². The Morgan fingerprint density at radius 1 is 0.871 bits per heavy atom. The molecule has 0 spiro atoms. The first-order chi connectivity index (χ1) is 15.3. The predicted molar refractivity (Wildman–Crippen MR) is 122 cm³/mol. The summed E-state index contributed by atoms with van der Waals surface area (Å²) in [4.78, 5) is 14.9. The minimum atomic E-state index is -0.441. The maximum atomic E-state index is 12.5. The highest BCUT2D eigenvalue weighted by molar-refractivity contribution is 6.01. The second-order valence-electron chi connectivity index (χ2n) is 7.61. The lowest BCUT2D eigenvalue weighted by Crippen LogP contribution is -2.29. The molecule has 0 atom stereocenters. The zero-order chi connectivity index (χ0) is 21.0. The summed E-state index contributed by atoms with van der Waals surface area (Å²) >= 11 is 0. The van der Waals surface area contributed by atoms with Gasteiger partial charge >= 0.3 is 17.8 Å². The number of amides is 1. The average molecular weight is 413 g/mol. The van der Waals surface area contributed by atoms with Crippen LogP contribution in [0.5, 0.6) is 0 Å². The number of hydrogen-bond donors (Lipinski definition) is 2. The molecule has 0 bridgehead atoms. The lowest BCUT2D eigenvalue weighted by atomic mass is 10.1. The van der Waals surface area contributed by atoms with Crippen molar-refractivity contribution in [2.45, 2.75) is 19.3 Å². The highest BCUT2D eigenvalue weighted by Crippen LogP contribution is 2.26. The number of anilines is 4. The van der Waals surface area contributed by atoms with Crippen LogP contribution in [0.4, 0.5) is 23.1 Å². The number of nitrogens with zero attached hydrogens (tertiary/aromatic N) is 3. The Balaban J connectivity index is 1.26. The van der Waals surface area contributed by atoms with Crippen LogP contribution in [0.25, 0.3) is 10.8 Å². The van der Waals surface area contributed by atoms with Crippen LogP contribution >= 0.6 is 0 Å². The Bertz CT molecular complexity index is 1190. The lowest BCUT2D eigenvalue weighted by Gasteiger charge is -2.28. The van der Waals surface area contributed by atoms with Crippen LogP contribution in [0.1, 0.15) is 29.9 Å². The molecule has 0 radical (unpaired) electrons. The van der Waals surface area contributed by atoms with Crippen LogP contribution in [0.15, 0.2) is 71.1 Å². The van der Waals surface area contributed by atoms with E-state index in [9.17, 15) is 4.79 Å². The highest BCUT2D eigenvalue weighted by atomic mass is 16.4. The number of piperidine rings is 1. The van der Waals surface area contributed by atoms with Crippen molar-refractivity contribution in [1.29, 1.82) is 0 Å². The third kappa shape index (κ3) is 4.21. The predicted octanol–water partition coefficient (Wildman–Crippen LogP) is 5.21. The standard InChI is InChI=1S/C24H23N5O2/c30-22(25-18-11-13-19(14-12-18)29-15-4-1-5-16-29)23-27-28-24(31-23)26-21-10-6-8-17-7-2-3-9-20(17)21/h2-3,6-14H,1,4-5,15-16H2,(H,25,30)(H,26,28). The Hall–Kier alpha value is -3.87. The minimum absolute atomic E-state index is 0.0946. The van der Waals surface area contributed by atoms with Crippen molar-refractivity contribution < 1.29 is 9.21 Å². The Morgan fingerprint density at radius 2 is 1.65 bits per heavy atom. The fraction of sp³-hybridized carbons (Fsp3) is 0.208. The molecular weight excluding hydrogens is 390 g/mol. The highest BCUT2D eigenvalue weighted by Gasteiger charge is 2.16. The van der Waals surface area contributed by atoms with Gasteiger partial charge in [0.1, 0.15) is 0 Å². The second kappa shape index (κ2) is 8.47. The van der Waals surface area contributed by atoms with Gasteiger partial charge in [-0.2, -0.15) is 0 Å². The average Bonchev–Trinajstić information content (AvgIpc) is 3.29. The van der Waals surface area contributed by atoms with Crippen molar-refractivity contribution in [1.82, 2.24) is 10.2 Å². The van der Waals surface area contributed by atoms with Gasteiger partial charge in [0.2, 0.25) is 0 Å². The number of fused-ring (bicyclic) bond motifs is 1. The van der Waals surface area contributed by atoms with Gasteiger partial charge in [-0.05, 0) is 55.0 Å². The summed E-state index contributed by atoms with van der Waals surface area (Å²) in [6.07, 6.45) is 3.75. The number of carbonyl (C=O) groups is 1. The monoisotopic (exact) mass is 413 g/mol. The summed E-state index contributed by atoms with van der Waals surface area (Å²) in [6.45, 7) is 2.17. The van der Waals surface area contributed by atoms with E-state index in [1.54, 1.807) is 0 Å². The van der Waals surface area contributed by atoms with E-state index in [2.05, 4.69) is 25.7 Å². The van der Waals surface area contributed by atoms with Crippen molar-refractivity contribution in [3.63, 3.8) is 0 Å². The molecule has 0 unspecified atom stereocenters. The van der Waals surface area contributed by atoms with Crippen molar-refractivity contribution >= 4 is 39.8 Å². The maximum Gasteiger partial charge on any atom is 0.320 e. The van der Waals surface area contributed by atoms with Crippen molar-refractivity contribution in [3.05, 3.63) is 72.6 Å². The first-order valence-corrected chi connectivity index (χ1v) is 10.5. The summed E-state index contributed by atoms with van der Waals surface area (Å²) in [6, 6.07) is 21.9. The third-order valence-electron chi connectivity index (χ3n) is 5.50. The van der Waals surface area contributed by atoms with E-state index < -0.39 is 5.91 Å². The van der Waals surface area contributed by atoms with Crippen LogP contribution in [0.3, 0.4) is 0 Å². The Morgan fingerprint density at radius 3 is 2.48 bits per heavy atom. The number of nitrogens with one attached hydrogen (secondary N) is 2. The van der Waals surface area contributed by atoms with E-state index in [4.69, 9.17) is 4.42 Å². The minimum Gasteiger partial charge on any atom is -0.399 e. The molecule has 3 aromatic carbocycles. The number of hydrogen-bond acceptors (Lipinski definition) is 6. The molecule has 2 N–H and O–H groups in total. The molecule has 1 aromatic heterocycles. The van der Waals surface area contributed by atoms with Crippen molar-refractivity contribution in [2.75, 3.05) is 28.6 Å². The van der Waals surface area contributed by atoms with Gasteiger partial charge in [-0.1, -0.05) is 41.5 Å². The molecule has 1 amide bonds. The molecule has 1 aliphatic rings. The summed E-state index contributed by atoms with van der Waals surface area (Å²) in [5.74, 6) is -0.535. The van der Waals surface area contributed by atoms with Gasteiger partial charge in [0, 0.05) is 29.9 Å². The van der Waals surface area contributed by atoms with E-state index in [-0.39, 0.29) is 11.9 Å². The quantitative estimate of drug-likeness (QED) is 0.467. The fourth-order valence-corrected chi connectivity index (χ4v) is 3.91. The molecule has 1 fully saturated rings. The van der Waals surface area contributed by atoms with Gasteiger partial charge in [0.05, 0.1) is 5.69 Å². The van der Waals surface area contributed by atoms with E-state index in [1.165, 1.54) is 24.9 Å². The van der Waals surface area contributed by atoms with Gasteiger partial charge in [-0.25, -0.2) is 0 Å². The largest absolute Gasteiger partial charge is 0.399 e. The number of benzene rings is 3. The molecule has 7 heteroatoms. The van der Waals surface area contributed by atoms with Gasteiger partial charge < -0.3 is 20.0 Å². The zero-order valence-electron chi connectivity index (χ0n) is 17.0. The van der Waals surface area contributed by atoms with Crippen LogP contribution < -0.4 is 15.5 Å². The summed E-state index contributed by atoms with van der Waals surface area (Å²) < 4.78 is 5.54. The maximum absolute atomic E-state index is 12.5. The Labute approximate surface area is 180 Å². The molecule has 4 aromatic rings. The van der Waals surface area contributed by atoms with E-state index in [0.29, 0.717) is 5.69 Å². The third-order valence-corrected chi connectivity index (χ3v) is 5.50. The van der Waals surface area contributed by atoms with Crippen LogP contribution in [0, 0.1) is 0 Å². The molecule has 7 nitrogen and oxygen atoms in total. The van der Waals surface area contributed by atoms with Crippen LogP contribution in [-0.2, 0) is 0 Å². The topological polar surface area (TPSA) is 83.3 Å². The fourth-order valence-electron chi connectivity index (χ4n) is 3.91. The van der Waals surface area contributed by atoms with Crippen LogP contribution in [0.2, 0.25) is 0 Å². The smallest absolute Gasteiger partial charge is 0.320 e. The first kappa shape index (κ1) is 19.1. The molecule has 1 saturated heterocycles. The van der Waals surface area contributed by atoms with Gasteiger partial charge in [0.15, 0.2) is 0 Å². The summed E-state index contributed by atoms with van der Waals surface area (Å²) in [7, 11) is 0. The van der Waals surface area contributed by atoms with Gasteiger partial charge in [-0.15, -0.1) is 5.10 Å². The molecule has 5 rings (SSSR count). The normalized spacial score (nSPS) is 13.9. The van der Waals surface area contributed by atoms with Gasteiger partial charge in [0.25, 0.3) is 0 Å². The second-order valence-corrected chi connectivity index (χ2v) is 7.61. The van der Waals surface area contributed by atoms with E-state index in [1.807, 2.05) is 66.7 Å². The van der Waals surface area contributed by atoms with E-state index >= 15 is 0 Å². The molecule has 31 heavy (non-hydrogen) atoms. The summed E-state index contributed by atoms with van der Waals surface area (Å²) in [5, 5.41) is 15.9. The zero-order valence-corrected chi connectivity index (χ0v) is 17.0. The molecular formula is C24H23N5O2. The lowest BCUT2D eigenvalue weighted by molar-refractivity contribution is 0.0991. The number of rotatable bonds is 5. The molecule has 156 valence electrons. The first-order valence-electron chi connectivity index (χ1n) is 10.5. The van der Waals surface area contributed by atoms with Crippen LogP contribution in [-0.4, -0.2) is 29.2 Å². The Kier molecular flexibility index (Phi) is 5.22. The van der Waals surface area contributed by atoms with Gasteiger partial charge in [-0.3, -0.25) is 4.79 Å². The van der Waals surface area contributed by atoms with Crippen molar-refractivity contribution in [3.8, 4) is 0 Å². The molecule has 0 saturated carbocycles.